The molecule has 0 amide bonds. The summed E-state index contributed by atoms with van der Waals surface area (Å²) in [5.41, 5.74) is 1.28. The highest BCUT2D eigenvalue weighted by molar-refractivity contribution is 8.13. The highest BCUT2D eigenvalue weighted by atomic mass is 32.2. The molecule has 0 spiro atoms. The van der Waals surface area contributed by atoms with Gasteiger partial charge in [0, 0.05) is 24.9 Å². The number of nitrogens with zero attached hydrogens (tertiary/aromatic N) is 1. The molecule has 1 N–H and O–H groups in total. The maximum absolute atomic E-state index is 10.9. The van der Waals surface area contributed by atoms with Crippen molar-refractivity contribution in [3.05, 3.63) is 24.0 Å². The molecule has 114 valence electrons. The van der Waals surface area contributed by atoms with Gasteiger partial charge in [-0.15, -0.1) is 0 Å². The van der Waals surface area contributed by atoms with Gasteiger partial charge in [-0.3, -0.25) is 9.78 Å². The van der Waals surface area contributed by atoms with Crippen LogP contribution in [0.4, 0.5) is 0 Å². The molecule has 1 aromatic heterocycles. The molecule has 1 aromatic rings. The second-order valence-electron chi connectivity index (χ2n) is 5.94. The zero-order valence-corrected chi connectivity index (χ0v) is 13.2. The lowest BCUT2D eigenvalue weighted by atomic mass is 10.1. The second kappa shape index (κ2) is 6.79. The second-order valence-corrected chi connectivity index (χ2v) is 7.21. The van der Waals surface area contributed by atoms with Crippen LogP contribution in [0.3, 0.4) is 0 Å². The third kappa shape index (κ3) is 4.20. The zero-order valence-electron chi connectivity index (χ0n) is 12.4. The first-order chi connectivity index (χ1) is 10.2. The fraction of sp³-hybridized carbons (Fsp3) is 0.625. The number of thioether (sulfide) groups is 1. The maximum Gasteiger partial charge on any atom is 0.185 e. The van der Waals surface area contributed by atoms with Crippen LogP contribution in [0, 0.1) is 5.92 Å². The molecule has 0 bridgehead atoms. The molecule has 3 atom stereocenters. The van der Waals surface area contributed by atoms with Crippen molar-refractivity contribution in [2.75, 3.05) is 18.9 Å². The zero-order chi connectivity index (χ0) is 14.7. The molecular weight excluding hydrogens is 284 g/mol. The Morgan fingerprint density at radius 3 is 3.10 bits per heavy atom. The molecule has 5 heteroatoms. The Kier molecular flexibility index (Phi) is 4.80. The Labute approximate surface area is 130 Å². The van der Waals surface area contributed by atoms with Crippen LogP contribution in [0.15, 0.2) is 18.5 Å². The molecular formula is C16H22N2O2S. The molecule has 1 aliphatic heterocycles. The molecule has 2 aliphatic rings. The van der Waals surface area contributed by atoms with Gasteiger partial charge in [-0.05, 0) is 49.3 Å². The summed E-state index contributed by atoms with van der Waals surface area (Å²) in [6.45, 7) is 3.47. The first-order valence-corrected chi connectivity index (χ1v) is 8.65. The maximum atomic E-state index is 10.9. The summed E-state index contributed by atoms with van der Waals surface area (Å²) in [6.07, 6.45) is 7.29. The van der Waals surface area contributed by atoms with E-state index in [1.165, 1.54) is 30.2 Å². The van der Waals surface area contributed by atoms with E-state index in [2.05, 4.69) is 16.4 Å². The number of ether oxygens (including phenoxy) is 1. The van der Waals surface area contributed by atoms with Crippen molar-refractivity contribution >= 4 is 16.9 Å². The van der Waals surface area contributed by atoms with Crippen molar-refractivity contribution in [1.29, 1.82) is 0 Å². The summed E-state index contributed by atoms with van der Waals surface area (Å²) in [5.74, 6) is 3.13. The molecule has 1 saturated carbocycles. The molecule has 2 fully saturated rings. The van der Waals surface area contributed by atoms with Crippen LogP contribution in [0.25, 0.3) is 0 Å². The van der Waals surface area contributed by atoms with Crippen LogP contribution >= 0.6 is 11.8 Å². The van der Waals surface area contributed by atoms with Gasteiger partial charge in [0.15, 0.2) is 5.12 Å². The van der Waals surface area contributed by atoms with Crippen LogP contribution in [-0.4, -0.2) is 35.0 Å². The van der Waals surface area contributed by atoms with Gasteiger partial charge in [0.25, 0.3) is 0 Å². The van der Waals surface area contributed by atoms with E-state index >= 15 is 0 Å². The van der Waals surface area contributed by atoms with E-state index in [1.807, 2.05) is 6.20 Å². The van der Waals surface area contributed by atoms with E-state index in [4.69, 9.17) is 4.74 Å². The smallest absolute Gasteiger partial charge is 0.185 e. The number of rotatable bonds is 7. The SMILES string of the molecule is CC(=O)SCC[C@@H]1C[C@@H]1c1cncc(OC[C@@H]2CCN2)c1. The molecule has 3 rings (SSSR count). The van der Waals surface area contributed by atoms with Gasteiger partial charge in [0.1, 0.15) is 12.4 Å². The number of aromatic nitrogens is 1. The summed E-state index contributed by atoms with van der Waals surface area (Å²) in [7, 11) is 0. The van der Waals surface area contributed by atoms with Gasteiger partial charge >= 0.3 is 0 Å². The number of hydrogen-bond acceptors (Lipinski definition) is 5. The van der Waals surface area contributed by atoms with Crippen LogP contribution in [0.2, 0.25) is 0 Å². The molecule has 0 radical (unpaired) electrons. The quantitative estimate of drug-likeness (QED) is 0.839. The molecule has 2 heterocycles. The van der Waals surface area contributed by atoms with Crippen molar-refractivity contribution < 1.29 is 9.53 Å². The van der Waals surface area contributed by atoms with Crippen LogP contribution in [0.5, 0.6) is 5.75 Å². The Morgan fingerprint density at radius 2 is 2.38 bits per heavy atom. The predicted molar refractivity (Wildman–Crippen MR) is 84.7 cm³/mol. The lowest BCUT2D eigenvalue weighted by molar-refractivity contribution is -0.109. The Morgan fingerprint density at radius 1 is 1.52 bits per heavy atom. The van der Waals surface area contributed by atoms with Gasteiger partial charge in [-0.1, -0.05) is 11.8 Å². The summed E-state index contributed by atoms with van der Waals surface area (Å²) >= 11 is 1.43. The monoisotopic (exact) mass is 306 g/mol. The van der Waals surface area contributed by atoms with E-state index in [0.717, 1.165) is 31.1 Å². The Bertz CT molecular complexity index is 505. The van der Waals surface area contributed by atoms with E-state index in [1.54, 1.807) is 13.1 Å². The molecule has 1 aliphatic carbocycles. The third-order valence-corrected chi connectivity index (χ3v) is 5.10. The van der Waals surface area contributed by atoms with Crippen molar-refractivity contribution in [2.45, 2.75) is 38.1 Å². The normalized spacial score (nSPS) is 27.0. The van der Waals surface area contributed by atoms with Crippen molar-refractivity contribution in [3.63, 3.8) is 0 Å². The summed E-state index contributed by atoms with van der Waals surface area (Å²) in [4.78, 5) is 15.2. The summed E-state index contributed by atoms with van der Waals surface area (Å²) in [6, 6.07) is 2.64. The van der Waals surface area contributed by atoms with Gasteiger partial charge in [-0.2, -0.15) is 0 Å². The van der Waals surface area contributed by atoms with Crippen LogP contribution in [-0.2, 0) is 4.79 Å². The molecule has 1 saturated heterocycles. The number of nitrogens with one attached hydrogen (secondary N) is 1. The largest absolute Gasteiger partial charge is 0.490 e. The average molecular weight is 306 g/mol. The Balaban J connectivity index is 1.46. The first-order valence-electron chi connectivity index (χ1n) is 7.67. The Hall–Kier alpha value is -1.07. The van der Waals surface area contributed by atoms with Crippen LogP contribution < -0.4 is 10.1 Å². The average Bonchev–Trinajstić information content (AvgIpc) is 3.16. The minimum Gasteiger partial charge on any atom is -0.490 e. The molecule has 0 unspecified atom stereocenters. The van der Waals surface area contributed by atoms with E-state index in [0.29, 0.717) is 17.9 Å². The van der Waals surface area contributed by atoms with Crippen molar-refractivity contribution in [1.82, 2.24) is 10.3 Å². The highest BCUT2D eigenvalue weighted by Crippen LogP contribution is 2.50. The van der Waals surface area contributed by atoms with Gasteiger partial charge in [0.2, 0.25) is 0 Å². The predicted octanol–water partition coefficient (Wildman–Crippen LogP) is 2.60. The number of hydrogen-bond donors (Lipinski definition) is 1. The molecule has 0 aromatic carbocycles. The summed E-state index contributed by atoms with van der Waals surface area (Å²) < 4.78 is 5.80. The lowest BCUT2D eigenvalue weighted by Crippen LogP contribution is -2.46. The van der Waals surface area contributed by atoms with E-state index < -0.39 is 0 Å². The van der Waals surface area contributed by atoms with Gasteiger partial charge < -0.3 is 10.1 Å². The number of carbonyl (C=O) groups is 1. The fourth-order valence-electron chi connectivity index (χ4n) is 2.73. The number of pyridine rings is 1. The van der Waals surface area contributed by atoms with E-state index in [-0.39, 0.29) is 5.12 Å². The molecule has 4 nitrogen and oxygen atoms in total. The minimum absolute atomic E-state index is 0.217. The van der Waals surface area contributed by atoms with Crippen molar-refractivity contribution in [3.8, 4) is 5.75 Å². The van der Waals surface area contributed by atoms with Gasteiger partial charge in [0.05, 0.1) is 6.20 Å². The third-order valence-electron chi connectivity index (χ3n) is 4.26. The minimum atomic E-state index is 0.217. The standard InChI is InChI=1S/C16H22N2O2S/c1-11(19)21-5-3-12-7-16(12)13-6-15(9-17-8-13)20-10-14-2-4-18-14/h6,8-9,12,14,16,18H,2-5,7,10H2,1H3/t12-,14+,16+/m1/s1. The molecule has 21 heavy (non-hydrogen) atoms. The summed E-state index contributed by atoms with van der Waals surface area (Å²) in [5, 5.41) is 3.55. The van der Waals surface area contributed by atoms with Crippen LogP contribution in [0.1, 0.15) is 37.7 Å². The van der Waals surface area contributed by atoms with Crippen molar-refractivity contribution in [2.24, 2.45) is 5.92 Å². The lowest BCUT2D eigenvalue weighted by Gasteiger charge is -2.27. The van der Waals surface area contributed by atoms with E-state index in [9.17, 15) is 4.79 Å². The number of carbonyl (C=O) groups excluding carboxylic acids is 1. The van der Waals surface area contributed by atoms with Gasteiger partial charge in [-0.25, -0.2) is 0 Å². The highest BCUT2D eigenvalue weighted by Gasteiger charge is 2.38. The topological polar surface area (TPSA) is 51.2 Å². The fourth-order valence-corrected chi connectivity index (χ4v) is 3.44. The first kappa shape index (κ1) is 14.9.